The van der Waals surface area contributed by atoms with Crippen LogP contribution in [0.5, 0.6) is 0 Å². The van der Waals surface area contributed by atoms with Gasteiger partial charge in [0.25, 0.3) is 11.8 Å². The largest absolute Gasteiger partial charge is 0.326 e. The van der Waals surface area contributed by atoms with Crippen LogP contribution in [0, 0.1) is 0 Å². The monoisotopic (exact) mass is 336 g/mol. The van der Waals surface area contributed by atoms with Gasteiger partial charge in [-0.05, 0) is 12.8 Å². The molecule has 5 N–H and O–H groups in total. The third kappa shape index (κ3) is 2.45. The van der Waals surface area contributed by atoms with Crippen molar-refractivity contribution in [2.24, 2.45) is 5.73 Å². The summed E-state index contributed by atoms with van der Waals surface area (Å²) in [7, 11) is 0. The highest BCUT2D eigenvalue weighted by atomic mass is 16.5. The van der Waals surface area contributed by atoms with E-state index in [2.05, 4.69) is 10.8 Å². The first-order valence-corrected chi connectivity index (χ1v) is 7.99. The Morgan fingerprint density at radius 1 is 1.25 bits per heavy atom. The number of rotatable bonds is 4. The second kappa shape index (κ2) is 6.08. The van der Waals surface area contributed by atoms with Gasteiger partial charge >= 0.3 is 0 Å². The van der Waals surface area contributed by atoms with Crippen LogP contribution in [0.2, 0.25) is 0 Å². The summed E-state index contributed by atoms with van der Waals surface area (Å²) < 4.78 is 0. The second-order valence-corrected chi connectivity index (χ2v) is 6.48. The van der Waals surface area contributed by atoms with E-state index in [-0.39, 0.29) is 18.4 Å². The first kappa shape index (κ1) is 16.7. The smallest absolute Gasteiger partial charge is 0.256 e. The van der Waals surface area contributed by atoms with Crippen LogP contribution in [0.4, 0.5) is 0 Å². The van der Waals surface area contributed by atoms with Gasteiger partial charge in [0.05, 0.1) is 11.6 Å². The molecule has 2 aliphatic heterocycles. The van der Waals surface area contributed by atoms with E-state index in [4.69, 9.17) is 5.73 Å². The Morgan fingerprint density at radius 2 is 1.92 bits per heavy atom. The first-order chi connectivity index (χ1) is 11.4. The lowest BCUT2D eigenvalue weighted by Crippen LogP contribution is -2.71. The van der Waals surface area contributed by atoms with Crippen molar-refractivity contribution in [3.63, 3.8) is 0 Å². The molecule has 9 nitrogen and oxygen atoms in total. The molecule has 0 aromatic rings. The summed E-state index contributed by atoms with van der Waals surface area (Å²) in [6, 6.07) is -1.71. The summed E-state index contributed by atoms with van der Waals surface area (Å²) in [4.78, 5) is 49.4. The van der Waals surface area contributed by atoms with Crippen LogP contribution < -0.4 is 16.5 Å². The second-order valence-electron chi connectivity index (χ2n) is 6.48. The summed E-state index contributed by atoms with van der Waals surface area (Å²) in [6.07, 6.45) is 3.62. The van der Waals surface area contributed by atoms with Gasteiger partial charge in [-0.3, -0.25) is 29.4 Å². The minimum Gasteiger partial charge on any atom is -0.326 e. The molecule has 1 saturated carbocycles. The summed E-state index contributed by atoms with van der Waals surface area (Å²) in [5, 5.41) is 12.0. The van der Waals surface area contributed by atoms with Gasteiger partial charge in [-0.1, -0.05) is 12.8 Å². The van der Waals surface area contributed by atoms with Gasteiger partial charge in [-0.2, -0.15) is 5.48 Å². The van der Waals surface area contributed by atoms with Crippen LogP contribution in [-0.4, -0.2) is 51.4 Å². The number of amides is 4. The zero-order valence-corrected chi connectivity index (χ0v) is 13.1. The molecule has 2 heterocycles. The molecule has 9 heteroatoms. The minimum absolute atomic E-state index is 0.0255. The van der Waals surface area contributed by atoms with Crippen LogP contribution in [0.15, 0.2) is 11.6 Å². The fourth-order valence-electron chi connectivity index (χ4n) is 3.92. The maximum Gasteiger partial charge on any atom is 0.256 e. The van der Waals surface area contributed by atoms with Gasteiger partial charge in [-0.25, -0.2) is 0 Å². The number of imide groups is 2. The summed E-state index contributed by atoms with van der Waals surface area (Å²) in [5.41, 5.74) is 7.12. The van der Waals surface area contributed by atoms with Gasteiger partial charge in [0.15, 0.2) is 0 Å². The normalized spacial score (nSPS) is 32.2. The van der Waals surface area contributed by atoms with Crippen LogP contribution in [0.1, 0.15) is 38.5 Å². The Kier molecular flexibility index (Phi) is 4.24. The van der Waals surface area contributed by atoms with Crippen molar-refractivity contribution in [2.75, 3.05) is 0 Å². The van der Waals surface area contributed by atoms with Gasteiger partial charge in [0, 0.05) is 30.5 Å². The quantitative estimate of drug-likeness (QED) is 0.369. The van der Waals surface area contributed by atoms with Crippen molar-refractivity contribution in [3.05, 3.63) is 11.6 Å². The van der Waals surface area contributed by atoms with E-state index in [1.165, 1.54) is 0 Å². The van der Waals surface area contributed by atoms with E-state index in [1.807, 2.05) is 0 Å². The van der Waals surface area contributed by atoms with Crippen molar-refractivity contribution in [2.45, 2.75) is 56.1 Å². The maximum absolute atomic E-state index is 12.3. The number of likely N-dealkylation sites (tertiary alicyclic amines) is 1. The highest BCUT2D eigenvalue weighted by Gasteiger charge is 2.55. The molecule has 0 aromatic carbocycles. The Morgan fingerprint density at radius 3 is 2.42 bits per heavy atom. The lowest BCUT2D eigenvalue weighted by Gasteiger charge is -2.49. The van der Waals surface area contributed by atoms with Gasteiger partial charge < -0.3 is 10.9 Å². The molecule has 2 fully saturated rings. The average molecular weight is 336 g/mol. The van der Waals surface area contributed by atoms with Crippen LogP contribution >= 0.6 is 0 Å². The highest BCUT2D eigenvalue weighted by molar-refractivity contribution is 6.18. The molecular formula is C15H20N4O5. The summed E-state index contributed by atoms with van der Waals surface area (Å²) in [5.74, 6) is -2.17. The fourth-order valence-corrected chi connectivity index (χ4v) is 3.92. The van der Waals surface area contributed by atoms with Gasteiger partial charge in [0.2, 0.25) is 11.8 Å². The molecular weight excluding hydrogens is 316 g/mol. The van der Waals surface area contributed by atoms with E-state index in [9.17, 15) is 24.4 Å². The van der Waals surface area contributed by atoms with Crippen molar-refractivity contribution < 1.29 is 24.4 Å². The van der Waals surface area contributed by atoms with E-state index >= 15 is 0 Å². The fraction of sp³-hybridized carbons (Fsp3) is 0.600. The molecule has 3 unspecified atom stereocenters. The molecule has 0 bridgehead atoms. The minimum atomic E-state index is -1.26. The molecule has 3 aliphatic rings. The number of nitrogens with one attached hydrogen (secondary N) is 2. The van der Waals surface area contributed by atoms with E-state index < -0.39 is 41.3 Å². The van der Waals surface area contributed by atoms with Crippen LogP contribution in [0.3, 0.4) is 0 Å². The molecule has 4 amide bonds. The predicted molar refractivity (Wildman–Crippen MR) is 80.2 cm³/mol. The molecule has 1 aliphatic carbocycles. The van der Waals surface area contributed by atoms with E-state index in [0.717, 1.165) is 17.4 Å². The van der Waals surface area contributed by atoms with Crippen LogP contribution in [0.25, 0.3) is 0 Å². The number of hydroxylamine groups is 1. The van der Waals surface area contributed by atoms with Crippen molar-refractivity contribution in [1.82, 2.24) is 15.7 Å². The molecule has 130 valence electrons. The Hall–Kier alpha value is -2.10. The van der Waals surface area contributed by atoms with Gasteiger partial charge in [0.1, 0.15) is 0 Å². The molecule has 24 heavy (non-hydrogen) atoms. The van der Waals surface area contributed by atoms with Gasteiger partial charge in [-0.15, -0.1) is 0 Å². The lowest BCUT2D eigenvalue weighted by atomic mass is 9.70. The number of carbonyl (C=O) groups excluding carboxylic acids is 4. The van der Waals surface area contributed by atoms with Crippen molar-refractivity contribution >= 4 is 23.6 Å². The number of hydrogen-bond donors (Lipinski definition) is 4. The predicted octanol–water partition coefficient (Wildman–Crippen LogP) is -1.29. The zero-order valence-electron chi connectivity index (χ0n) is 13.1. The third-order valence-corrected chi connectivity index (χ3v) is 5.14. The van der Waals surface area contributed by atoms with E-state index in [0.29, 0.717) is 19.3 Å². The van der Waals surface area contributed by atoms with Crippen molar-refractivity contribution in [3.8, 4) is 0 Å². The highest BCUT2D eigenvalue weighted by Crippen LogP contribution is 2.38. The maximum atomic E-state index is 12.3. The van der Waals surface area contributed by atoms with Crippen LogP contribution in [-0.2, 0) is 19.2 Å². The molecule has 1 saturated heterocycles. The molecule has 3 rings (SSSR count). The third-order valence-electron chi connectivity index (χ3n) is 5.14. The lowest BCUT2D eigenvalue weighted by molar-refractivity contribution is -0.145. The number of nitrogens with zero attached hydrogens (tertiary/aromatic N) is 1. The molecule has 3 atom stereocenters. The number of nitrogens with two attached hydrogens (primary N) is 1. The first-order valence-electron chi connectivity index (χ1n) is 7.99. The number of hydrogen-bond acceptors (Lipinski definition) is 7. The zero-order chi connectivity index (χ0) is 17.5. The van der Waals surface area contributed by atoms with E-state index in [1.54, 1.807) is 0 Å². The summed E-state index contributed by atoms with van der Waals surface area (Å²) >= 11 is 0. The average Bonchev–Trinajstić information content (AvgIpc) is 3.05. The standard InChI is InChI=1S/C15H20N4O5/c16-9-3-1-2-6-15(9,18-24)13(8-7-10(20)17-14(8)23)19-11(21)4-5-12(19)22/h7,9,13,18,24H,1-6,16H2,(H,17,20,23). The SMILES string of the molecule is NC1CCCCC1(NO)C(C1=CC(=O)NC1=O)N1C(=O)CCC1=O. The molecule has 0 spiro atoms. The Bertz CT molecular complexity index is 630. The molecule has 0 aromatic heterocycles. The van der Waals surface area contributed by atoms with Crippen molar-refractivity contribution in [1.29, 1.82) is 0 Å². The topological polar surface area (TPSA) is 142 Å². The summed E-state index contributed by atoms with van der Waals surface area (Å²) in [6.45, 7) is 0. The molecule has 0 radical (unpaired) electrons. The Labute approximate surface area is 138 Å². The number of carbonyl (C=O) groups is 4. The Balaban J connectivity index is 2.13.